The predicted molar refractivity (Wildman–Crippen MR) is 74.8 cm³/mol. The molecular formula is C12H19N2O2S2+. The molecule has 4 fully saturated rings. The summed E-state index contributed by atoms with van der Waals surface area (Å²) in [6.07, 6.45) is 5.28. The fraction of sp³-hybridized carbons (Fsp3) is 0.917. The van der Waals surface area contributed by atoms with E-state index in [1.54, 1.807) is 0 Å². The predicted octanol–water partition coefficient (Wildman–Crippen LogP) is 1.09. The van der Waals surface area contributed by atoms with Crippen LogP contribution >= 0.6 is 12.2 Å². The zero-order valence-electron chi connectivity index (χ0n) is 10.2. The Morgan fingerprint density at radius 3 is 2.78 bits per heavy atom. The summed E-state index contributed by atoms with van der Waals surface area (Å²) < 4.78 is 21.7. The molecule has 2 N–H and O–H groups in total. The molecule has 1 unspecified atom stereocenters. The van der Waals surface area contributed by atoms with Crippen LogP contribution in [0, 0.1) is 11.8 Å². The van der Waals surface area contributed by atoms with Gasteiger partial charge in [-0.2, -0.15) is 4.55 Å². The summed E-state index contributed by atoms with van der Waals surface area (Å²) in [5.41, 5.74) is 0. The second kappa shape index (κ2) is 3.67. The van der Waals surface area contributed by atoms with E-state index < -0.39 is 10.2 Å². The number of nitrogens with one attached hydrogen (secondary N) is 1. The summed E-state index contributed by atoms with van der Waals surface area (Å²) in [6, 6.07) is 0.806. The summed E-state index contributed by atoms with van der Waals surface area (Å²) in [6.45, 7) is 0. The molecule has 4 rings (SSSR count). The van der Waals surface area contributed by atoms with Crippen molar-refractivity contribution in [1.29, 1.82) is 0 Å². The van der Waals surface area contributed by atoms with E-state index in [1.807, 2.05) is 0 Å². The maximum Gasteiger partial charge on any atom is 0.218 e. The summed E-state index contributed by atoms with van der Waals surface area (Å²) in [4.78, 5) is 2.30. The van der Waals surface area contributed by atoms with Crippen LogP contribution in [0.3, 0.4) is 0 Å². The first-order chi connectivity index (χ1) is 8.53. The van der Waals surface area contributed by atoms with Gasteiger partial charge in [-0.3, -0.25) is 0 Å². The van der Waals surface area contributed by atoms with Gasteiger partial charge in [-0.15, -0.1) is 0 Å². The minimum Gasteiger partial charge on any atom is -0.353 e. The minimum absolute atomic E-state index is 0.106. The van der Waals surface area contributed by atoms with Crippen LogP contribution in [0.4, 0.5) is 0 Å². The molecule has 2 saturated carbocycles. The number of hydrogen-bond donors (Lipinski definition) is 2. The Labute approximate surface area is 114 Å². The first-order valence-electron chi connectivity index (χ1n) is 6.84. The molecule has 0 spiro atoms. The van der Waals surface area contributed by atoms with Crippen LogP contribution < -0.4 is 5.32 Å². The Morgan fingerprint density at radius 1 is 1.28 bits per heavy atom. The molecule has 2 aliphatic heterocycles. The van der Waals surface area contributed by atoms with Gasteiger partial charge in [-0.25, -0.2) is 0 Å². The molecule has 18 heavy (non-hydrogen) atoms. The molecule has 0 amide bonds. The van der Waals surface area contributed by atoms with E-state index in [1.165, 1.54) is 25.7 Å². The van der Waals surface area contributed by atoms with Crippen molar-refractivity contribution >= 4 is 27.5 Å². The molecule has 2 saturated heterocycles. The monoisotopic (exact) mass is 287 g/mol. The SMILES string of the molecule is O=[S+]1(O)C[C@@H]2NC(=S)N([C@@H]3C[C@H]4CC[C@H]3C4)[C@H]2C1. The Kier molecular flexibility index (Phi) is 2.37. The molecule has 2 heterocycles. The summed E-state index contributed by atoms with van der Waals surface area (Å²) in [5, 5.41) is 4.11. The molecule has 0 radical (unpaired) electrons. The summed E-state index contributed by atoms with van der Waals surface area (Å²) in [7, 11) is -2.62. The molecule has 0 aromatic heterocycles. The minimum atomic E-state index is -2.62. The fourth-order valence-electron chi connectivity index (χ4n) is 4.59. The highest BCUT2D eigenvalue weighted by Crippen LogP contribution is 2.48. The van der Waals surface area contributed by atoms with Gasteiger partial charge in [-0.1, -0.05) is 10.6 Å². The van der Waals surface area contributed by atoms with Crippen molar-refractivity contribution < 1.29 is 8.76 Å². The Bertz CT molecular complexity index is 455. The standard InChI is InChI=1S/C12H18N2O2S2/c15-18(16)5-9-11(6-18)14(12(17)13-9)10-4-7-1-2-8(10)3-7/h7-11H,1-6H2,(H-,13,15,16,17)/p+1/t7-,8-,9-,10+,11-/m0/s1. The van der Waals surface area contributed by atoms with Gasteiger partial charge in [0.1, 0.15) is 12.1 Å². The van der Waals surface area contributed by atoms with E-state index in [0.29, 0.717) is 17.5 Å². The third-order valence-corrected chi connectivity index (χ3v) is 7.37. The van der Waals surface area contributed by atoms with Crippen LogP contribution in [-0.4, -0.2) is 44.2 Å². The Balaban J connectivity index is 1.60. The third kappa shape index (κ3) is 1.58. The molecule has 0 aromatic rings. The topological polar surface area (TPSA) is 52.6 Å². The lowest BCUT2D eigenvalue weighted by atomic mass is 9.93. The van der Waals surface area contributed by atoms with Gasteiger partial charge in [0.2, 0.25) is 10.2 Å². The van der Waals surface area contributed by atoms with Gasteiger partial charge in [0, 0.05) is 6.04 Å². The third-order valence-electron chi connectivity index (χ3n) is 5.29. The van der Waals surface area contributed by atoms with E-state index in [-0.39, 0.29) is 12.1 Å². The molecule has 0 aromatic carbocycles. The molecule has 4 nitrogen and oxygen atoms in total. The first-order valence-corrected chi connectivity index (χ1v) is 9.10. The van der Waals surface area contributed by atoms with Crippen molar-refractivity contribution in [2.45, 2.75) is 43.8 Å². The van der Waals surface area contributed by atoms with Crippen molar-refractivity contribution in [3.63, 3.8) is 0 Å². The highest BCUT2D eigenvalue weighted by Gasteiger charge is 2.57. The van der Waals surface area contributed by atoms with Gasteiger partial charge in [-0.05, 0) is 43.3 Å². The maximum atomic E-state index is 11.9. The van der Waals surface area contributed by atoms with Crippen molar-refractivity contribution in [2.75, 3.05) is 11.5 Å². The van der Waals surface area contributed by atoms with E-state index in [9.17, 15) is 8.76 Å². The fourth-order valence-corrected chi connectivity index (χ4v) is 6.94. The van der Waals surface area contributed by atoms with Crippen molar-refractivity contribution in [3.05, 3.63) is 0 Å². The molecule has 6 heteroatoms. The van der Waals surface area contributed by atoms with Crippen LogP contribution in [0.25, 0.3) is 0 Å². The first kappa shape index (κ1) is 11.6. The normalized spacial score (nSPS) is 53.9. The van der Waals surface area contributed by atoms with Gasteiger partial charge in [0.25, 0.3) is 0 Å². The Morgan fingerprint density at radius 2 is 2.11 bits per heavy atom. The second-order valence-electron chi connectivity index (χ2n) is 6.38. The average Bonchev–Trinajstić information content (AvgIpc) is 2.96. The van der Waals surface area contributed by atoms with Gasteiger partial charge >= 0.3 is 0 Å². The van der Waals surface area contributed by atoms with Crippen molar-refractivity contribution in [1.82, 2.24) is 10.2 Å². The molecule has 6 atom stereocenters. The van der Waals surface area contributed by atoms with Gasteiger partial charge in [0.05, 0.1) is 0 Å². The largest absolute Gasteiger partial charge is 0.353 e. The number of fused-ring (bicyclic) bond motifs is 3. The highest BCUT2D eigenvalue weighted by molar-refractivity contribution is 7.98. The molecule has 2 bridgehead atoms. The lowest BCUT2D eigenvalue weighted by Crippen LogP contribution is -2.47. The zero-order valence-corrected chi connectivity index (χ0v) is 11.9. The Hall–Kier alpha value is -0.200. The lowest BCUT2D eigenvalue weighted by Gasteiger charge is -2.34. The smallest absolute Gasteiger partial charge is 0.218 e. The number of thiocarbonyl (C=S) groups is 1. The van der Waals surface area contributed by atoms with E-state index >= 15 is 0 Å². The summed E-state index contributed by atoms with van der Waals surface area (Å²) in [5.74, 6) is 2.42. The van der Waals surface area contributed by atoms with E-state index in [4.69, 9.17) is 12.2 Å². The zero-order chi connectivity index (χ0) is 12.5. The molecular weight excluding hydrogens is 268 g/mol. The van der Waals surface area contributed by atoms with Crippen molar-refractivity contribution in [2.24, 2.45) is 11.8 Å². The van der Waals surface area contributed by atoms with Crippen molar-refractivity contribution in [3.8, 4) is 0 Å². The second-order valence-corrected chi connectivity index (χ2v) is 8.98. The number of rotatable bonds is 1. The van der Waals surface area contributed by atoms with Crippen LogP contribution in [-0.2, 0) is 14.4 Å². The summed E-state index contributed by atoms with van der Waals surface area (Å²) >= 11 is 5.46. The number of nitrogens with zero attached hydrogens (tertiary/aromatic N) is 1. The number of hydrogen-bond acceptors (Lipinski definition) is 2. The van der Waals surface area contributed by atoms with E-state index in [2.05, 4.69) is 10.2 Å². The van der Waals surface area contributed by atoms with Crippen LogP contribution in [0.15, 0.2) is 0 Å². The quantitative estimate of drug-likeness (QED) is 0.558. The van der Waals surface area contributed by atoms with Gasteiger partial charge < -0.3 is 10.2 Å². The van der Waals surface area contributed by atoms with Gasteiger partial charge in [0.15, 0.2) is 16.6 Å². The van der Waals surface area contributed by atoms with Crippen LogP contribution in [0.1, 0.15) is 25.7 Å². The van der Waals surface area contributed by atoms with Crippen LogP contribution in [0.2, 0.25) is 0 Å². The molecule has 2 aliphatic carbocycles. The van der Waals surface area contributed by atoms with E-state index in [0.717, 1.165) is 16.9 Å². The molecule has 4 aliphatic rings. The van der Waals surface area contributed by atoms with Crippen LogP contribution in [0.5, 0.6) is 0 Å². The average molecular weight is 287 g/mol. The lowest BCUT2D eigenvalue weighted by molar-refractivity contribution is 0.200. The highest BCUT2D eigenvalue weighted by atomic mass is 32.3. The molecule has 100 valence electrons. The maximum absolute atomic E-state index is 11.9.